The number of rotatable bonds is 0. The number of hydrogen-bond donors (Lipinski definition) is 2. The lowest BCUT2D eigenvalue weighted by Gasteiger charge is -2.34. The van der Waals surface area contributed by atoms with Crippen LogP contribution in [0.25, 0.3) is 0 Å². The van der Waals surface area contributed by atoms with Gasteiger partial charge in [0.25, 0.3) is 0 Å². The van der Waals surface area contributed by atoms with Crippen molar-refractivity contribution in [3.63, 3.8) is 0 Å². The van der Waals surface area contributed by atoms with Gasteiger partial charge in [0.05, 0.1) is 0 Å². The summed E-state index contributed by atoms with van der Waals surface area (Å²) in [4.78, 5) is 0. The van der Waals surface area contributed by atoms with Gasteiger partial charge in [-0.25, -0.2) is 0 Å². The van der Waals surface area contributed by atoms with E-state index in [0.29, 0.717) is 23.9 Å². The van der Waals surface area contributed by atoms with E-state index < -0.39 is 0 Å². The molecule has 1 rings (SSSR count). The predicted octanol–water partition coefficient (Wildman–Crippen LogP) is 0.707. The summed E-state index contributed by atoms with van der Waals surface area (Å²) in [6.45, 7) is 4.38. The van der Waals surface area contributed by atoms with E-state index in [0.717, 1.165) is 12.8 Å². The van der Waals surface area contributed by atoms with Crippen LogP contribution in [0.15, 0.2) is 0 Å². The van der Waals surface area contributed by atoms with Crippen molar-refractivity contribution < 1.29 is 0 Å². The van der Waals surface area contributed by atoms with Crippen molar-refractivity contribution in [3.8, 4) is 0 Å². The highest BCUT2D eigenvalue weighted by Crippen LogP contribution is 2.25. The highest BCUT2D eigenvalue weighted by molar-refractivity contribution is 4.85. The van der Waals surface area contributed by atoms with Gasteiger partial charge in [0.15, 0.2) is 0 Å². The second-order valence-corrected chi connectivity index (χ2v) is 3.75. The Morgan fingerprint density at radius 1 is 0.900 bits per heavy atom. The van der Waals surface area contributed by atoms with Gasteiger partial charge in [0, 0.05) is 12.1 Å². The molecule has 0 radical (unpaired) electrons. The summed E-state index contributed by atoms with van der Waals surface area (Å²) in [5.74, 6) is 1.23. The minimum absolute atomic E-state index is 0.384. The van der Waals surface area contributed by atoms with Gasteiger partial charge in [0.1, 0.15) is 0 Å². The van der Waals surface area contributed by atoms with E-state index in [1.165, 1.54) is 0 Å². The molecule has 4 N–H and O–H groups in total. The molecule has 2 nitrogen and oxygen atoms in total. The third kappa shape index (κ3) is 1.50. The molecule has 10 heavy (non-hydrogen) atoms. The average molecular weight is 142 g/mol. The molecule has 0 aromatic carbocycles. The Hall–Kier alpha value is -0.0800. The summed E-state index contributed by atoms with van der Waals surface area (Å²) in [6.07, 6.45) is 2.20. The average Bonchev–Trinajstić information content (AvgIpc) is 1.84. The van der Waals surface area contributed by atoms with Crippen LogP contribution in [0, 0.1) is 11.8 Å². The molecule has 1 fully saturated rings. The fourth-order valence-corrected chi connectivity index (χ4v) is 1.67. The van der Waals surface area contributed by atoms with Gasteiger partial charge in [0.2, 0.25) is 0 Å². The molecule has 2 unspecified atom stereocenters. The van der Waals surface area contributed by atoms with Crippen molar-refractivity contribution in [2.45, 2.75) is 38.8 Å². The molecular weight excluding hydrogens is 124 g/mol. The SMILES string of the molecule is CC1C[C@@H](N)[C@@H](C)CC1N. The van der Waals surface area contributed by atoms with Crippen LogP contribution in [-0.4, -0.2) is 12.1 Å². The van der Waals surface area contributed by atoms with E-state index in [1.54, 1.807) is 0 Å². The molecule has 60 valence electrons. The van der Waals surface area contributed by atoms with Gasteiger partial charge in [-0.2, -0.15) is 0 Å². The van der Waals surface area contributed by atoms with Crippen LogP contribution in [0.5, 0.6) is 0 Å². The standard InChI is InChI=1S/C8H18N2/c1-5-3-8(10)6(2)4-7(5)9/h5-8H,3-4,9-10H2,1-2H3/t5-,6?,7+,8?/m0/s1. The molecular formula is C8H18N2. The lowest BCUT2D eigenvalue weighted by Crippen LogP contribution is -2.44. The molecule has 2 heteroatoms. The lowest BCUT2D eigenvalue weighted by molar-refractivity contribution is 0.232. The van der Waals surface area contributed by atoms with Gasteiger partial charge in [-0.05, 0) is 24.7 Å². The van der Waals surface area contributed by atoms with Gasteiger partial charge in [-0.1, -0.05) is 13.8 Å². The second kappa shape index (κ2) is 2.89. The van der Waals surface area contributed by atoms with Crippen molar-refractivity contribution in [3.05, 3.63) is 0 Å². The fourth-order valence-electron chi connectivity index (χ4n) is 1.67. The molecule has 0 aromatic rings. The van der Waals surface area contributed by atoms with Crippen molar-refractivity contribution in [1.29, 1.82) is 0 Å². The van der Waals surface area contributed by atoms with Crippen LogP contribution in [0.3, 0.4) is 0 Å². The summed E-state index contributed by atoms with van der Waals surface area (Å²) in [7, 11) is 0. The van der Waals surface area contributed by atoms with Crippen molar-refractivity contribution in [2.75, 3.05) is 0 Å². The van der Waals surface area contributed by atoms with E-state index in [9.17, 15) is 0 Å². The van der Waals surface area contributed by atoms with Crippen LogP contribution in [0.1, 0.15) is 26.7 Å². The van der Waals surface area contributed by atoms with Gasteiger partial charge in [-0.3, -0.25) is 0 Å². The first kappa shape index (κ1) is 8.02. The largest absolute Gasteiger partial charge is 0.327 e. The maximum atomic E-state index is 5.88. The van der Waals surface area contributed by atoms with E-state index in [2.05, 4.69) is 13.8 Å². The van der Waals surface area contributed by atoms with Crippen LogP contribution >= 0.6 is 0 Å². The zero-order valence-corrected chi connectivity index (χ0v) is 6.88. The first-order valence-corrected chi connectivity index (χ1v) is 4.12. The Bertz CT molecular complexity index is 87.8. The zero-order valence-electron chi connectivity index (χ0n) is 6.88. The molecule has 0 spiro atoms. The van der Waals surface area contributed by atoms with Crippen LogP contribution in [0.2, 0.25) is 0 Å². The van der Waals surface area contributed by atoms with E-state index in [1.807, 2.05) is 0 Å². The molecule has 0 aliphatic heterocycles. The summed E-state index contributed by atoms with van der Waals surface area (Å²) >= 11 is 0. The van der Waals surface area contributed by atoms with Crippen LogP contribution in [0.4, 0.5) is 0 Å². The molecule has 1 aliphatic rings. The highest BCUT2D eigenvalue weighted by atomic mass is 14.7. The van der Waals surface area contributed by atoms with Crippen LogP contribution in [-0.2, 0) is 0 Å². The van der Waals surface area contributed by atoms with Crippen molar-refractivity contribution in [2.24, 2.45) is 23.3 Å². The molecule has 1 saturated carbocycles. The minimum Gasteiger partial charge on any atom is -0.327 e. The fraction of sp³-hybridized carbons (Fsp3) is 1.00. The summed E-state index contributed by atoms with van der Waals surface area (Å²) in [6, 6.07) is 0.768. The Morgan fingerprint density at radius 2 is 1.20 bits per heavy atom. The third-order valence-corrected chi connectivity index (χ3v) is 2.75. The maximum Gasteiger partial charge on any atom is 0.00682 e. The molecule has 0 heterocycles. The summed E-state index contributed by atoms with van der Waals surface area (Å²) < 4.78 is 0. The molecule has 1 aliphatic carbocycles. The predicted molar refractivity (Wildman–Crippen MR) is 43.5 cm³/mol. The summed E-state index contributed by atoms with van der Waals surface area (Å²) in [5, 5.41) is 0. The third-order valence-electron chi connectivity index (χ3n) is 2.75. The van der Waals surface area contributed by atoms with Gasteiger partial charge < -0.3 is 11.5 Å². The smallest absolute Gasteiger partial charge is 0.00682 e. The molecule has 0 amide bonds. The Labute approximate surface area is 63.0 Å². The number of nitrogens with two attached hydrogens (primary N) is 2. The van der Waals surface area contributed by atoms with Crippen molar-refractivity contribution in [1.82, 2.24) is 0 Å². The Balaban J connectivity index is 2.46. The monoisotopic (exact) mass is 142 g/mol. The van der Waals surface area contributed by atoms with E-state index in [4.69, 9.17) is 11.5 Å². The summed E-state index contributed by atoms with van der Waals surface area (Å²) in [5.41, 5.74) is 11.8. The molecule has 4 atom stereocenters. The van der Waals surface area contributed by atoms with Gasteiger partial charge in [-0.15, -0.1) is 0 Å². The maximum absolute atomic E-state index is 5.88. The zero-order chi connectivity index (χ0) is 7.72. The van der Waals surface area contributed by atoms with E-state index in [-0.39, 0.29) is 0 Å². The first-order valence-electron chi connectivity index (χ1n) is 4.12. The topological polar surface area (TPSA) is 52.0 Å². The Morgan fingerprint density at radius 3 is 1.50 bits per heavy atom. The van der Waals surface area contributed by atoms with Crippen LogP contribution < -0.4 is 11.5 Å². The first-order chi connectivity index (χ1) is 4.61. The Kier molecular flexibility index (Phi) is 2.32. The molecule has 0 aromatic heterocycles. The second-order valence-electron chi connectivity index (χ2n) is 3.75. The number of hydrogen-bond acceptors (Lipinski definition) is 2. The quantitative estimate of drug-likeness (QED) is 0.523. The highest BCUT2D eigenvalue weighted by Gasteiger charge is 2.27. The van der Waals surface area contributed by atoms with Gasteiger partial charge >= 0.3 is 0 Å². The molecule has 0 saturated heterocycles. The minimum atomic E-state index is 0.384. The van der Waals surface area contributed by atoms with E-state index >= 15 is 0 Å². The lowest BCUT2D eigenvalue weighted by atomic mass is 9.77. The normalized spacial score (nSPS) is 49.2. The molecule has 0 bridgehead atoms. The van der Waals surface area contributed by atoms with Crippen molar-refractivity contribution >= 4 is 0 Å².